The normalized spacial score (nSPS) is 18.6. The molecule has 0 fully saturated rings. The minimum atomic E-state index is 0.378. The highest BCUT2D eigenvalue weighted by molar-refractivity contribution is 5.87. The summed E-state index contributed by atoms with van der Waals surface area (Å²) < 4.78 is 17.1. The Morgan fingerprint density at radius 3 is 2.46 bits per heavy atom. The lowest BCUT2D eigenvalue weighted by atomic mass is 9.76. The van der Waals surface area contributed by atoms with Crippen LogP contribution >= 0.6 is 0 Å². The summed E-state index contributed by atoms with van der Waals surface area (Å²) in [5, 5.41) is 0. The maximum atomic E-state index is 5.80. The second-order valence-corrected chi connectivity index (χ2v) is 6.50. The van der Waals surface area contributed by atoms with Gasteiger partial charge in [-0.15, -0.1) is 0 Å². The van der Waals surface area contributed by atoms with Crippen LogP contribution in [0.25, 0.3) is 11.1 Å². The van der Waals surface area contributed by atoms with Crippen LogP contribution in [0, 0.1) is 0 Å². The van der Waals surface area contributed by atoms with Crippen molar-refractivity contribution in [3.63, 3.8) is 0 Å². The second-order valence-electron chi connectivity index (χ2n) is 6.50. The molecule has 0 radical (unpaired) electrons. The number of hydrogen-bond acceptors (Lipinski definition) is 4. The van der Waals surface area contributed by atoms with Crippen molar-refractivity contribution in [3.05, 3.63) is 41.0 Å². The molecule has 0 N–H and O–H groups in total. The number of rotatable bonds is 3. The number of benzene rings is 2. The number of methoxy groups -OCH3 is 3. The van der Waals surface area contributed by atoms with Gasteiger partial charge in [0.05, 0.1) is 21.3 Å². The molecule has 0 saturated carbocycles. The minimum absolute atomic E-state index is 0.378. The zero-order valence-corrected chi connectivity index (χ0v) is 14.7. The molecule has 2 aliphatic rings. The molecule has 0 saturated heterocycles. The van der Waals surface area contributed by atoms with Gasteiger partial charge in [0.2, 0.25) is 0 Å². The molecular formula is C20H23NO3. The van der Waals surface area contributed by atoms with Gasteiger partial charge in [0.25, 0.3) is 0 Å². The Morgan fingerprint density at radius 1 is 0.958 bits per heavy atom. The van der Waals surface area contributed by atoms with Crippen LogP contribution in [0.2, 0.25) is 0 Å². The Kier molecular flexibility index (Phi) is 3.65. The van der Waals surface area contributed by atoms with Gasteiger partial charge >= 0.3 is 0 Å². The summed E-state index contributed by atoms with van der Waals surface area (Å²) in [4.78, 5) is 2.44. The van der Waals surface area contributed by atoms with Crippen molar-refractivity contribution in [2.45, 2.75) is 18.9 Å². The van der Waals surface area contributed by atoms with E-state index >= 15 is 0 Å². The number of fused-ring (bicyclic) bond motifs is 2. The molecular weight excluding hydrogens is 302 g/mol. The lowest BCUT2D eigenvalue weighted by molar-refractivity contribution is 0.226. The van der Waals surface area contributed by atoms with Gasteiger partial charge in [0.15, 0.2) is 11.5 Å². The number of ether oxygens (including phenoxy) is 3. The average molecular weight is 325 g/mol. The zero-order valence-electron chi connectivity index (χ0n) is 14.7. The van der Waals surface area contributed by atoms with Gasteiger partial charge in [0.1, 0.15) is 5.75 Å². The monoisotopic (exact) mass is 325 g/mol. The zero-order chi connectivity index (χ0) is 16.8. The lowest BCUT2D eigenvalue weighted by Gasteiger charge is -2.40. The Balaban J connectivity index is 2.11. The van der Waals surface area contributed by atoms with Gasteiger partial charge in [0, 0.05) is 23.7 Å². The van der Waals surface area contributed by atoms with Crippen LogP contribution in [0.5, 0.6) is 17.2 Å². The minimum Gasteiger partial charge on any atom is -0.496 e. The molecule has 2 aromatic carbocycles. The van der Waals surface area contributed by atoms with Crippen molar-refractivity contribution in [1.29, 1.82) is 0 Å². The van der Waals surface area contributed by atoms with Gasteiger partial charge in [-0.25, -0.2) is 0 Å². The van der Waals surface area contributed by atoms with Crippen LogP contribution in [0.15, 0.2) is 24.3 Å². The molecule has 0 aromatic heterocycles. The maximum Gasteiger partial charge on any atom is 0.169 e. The highest BCUT2D eigenvalue weighted by Crippen LogP contribution is 2.54. The largest absolute Gasteiger partial charge is 0.496 e. The molecule has 2 aromatic rings. The average Bonchev–Trinajstić information content (AvgIpc) is 2.62. The van der Waals surface area contributed by atoms with Crippen molar-refractivity contribution in [2.24, 2.45) is 0 Å². The summed E-state index contributed by atoms with van der Waals surface area (Å²) in [5.74, 6) is 2.50. The topological polar surface area (TPSA) is 30.9 Å². The second kappa shape index (κ2) is 5.71. The molecule has 4 nitrogen and oxygen atoms in total. The third kappa shape index (κ3) is 2.02. The van der Waals surface area contributed by atoms with E-state index in [9.17, 15) is 0 Å². The third-order valence-electron chi connectivity index (χ3n) is 5.39. The first-order chi connectivity index (χ1) is 11.7. The first kappa shape index (κ1) is 15.3. The Morgan fingerprint density at radius 2 is 1.75 bits per heavy atom. The first-order valence-electron chi connectivity index (χ1n) is 8.33. The van der Waals surface area contributed by atoms with Crippen LogP contribution in [0.1, 0.15) is 22.7 Å². The van der Waals surface area contributed by atoms with Crippen LogP contribution in [-0.4, -0.2) is 39.8 Å². The smallest absolute Gasteiger partial charge is 0.169 e. The van der Waals surface area contributed by atoms with E-state index in [0.717, 1.165) is 47.8 Å². The number of nitrogens with zero attached hydrogens (tertiary/aromatic N) is 1. The SMILES string of the molecule is COc1cc2c3c(c1OC)-c1c(cccc1OC)C[C@@H]3N(C)CC2. The molecule has 1 aliphatic carbocycles. The van der Waals surface area contributed by atoms with E-state index in [-0.39, 0.29) is 0 Å². The predicted octanol–water partition coefficient (Wildman–Crippen LogP) is 3.46. The van der Waals surface area contributed by atoms with E-state index in [0.29, 0.717) is 6.04 Å². The van der Waals surface area contributed by atoms with Gasteiger partial charge < -0.3 is 14.2 Å². The van der Waals surface area contributed by atoms with Gasteiger partial charge in [-0.2, -0.15) is 0 Å². The molecule has 126 valence electrons. The Hall–Kier alpha value is -2.20. The number of likely N-dealkylation sites (N-methyl/N-ethyl adjacent to an activating group) is 1. The van der Waals surface area contributed by atoms with Crippen molar-refractivity contribution in [3.8, 4) is 28.4 Å². The summed E-state index contributed by atoms with van der Waals surface area (Å²) >= 11 is 0. The van der Waals surface area contributed by atoms with Gasteiger partial charge in [-0.1, -0.05) is 12.1 Å². The maximum absolute atomic E-state index is 5.80. The van der Waals surface area contributed by atoms with Crippen LogP contribution < -0.4 is 14.2 Å². The van der Waals surface area contributed by atoms with E-state index in [1.807, 2.05) is 6.07 Å². The Labute approximate surface area is 142 Å². The van der Waals surface area contributed by atoms with Crippen molar-refractivity contribution in [1.82, 2.24) is 4.90 Å². The standard InChI is InChI=1S/C20H23NO3/c1-21-9-8-13-11-16(23-3)20(24-4)19-17(13)14(21)10-12-6-5-7-15(22-2)18(12)19/h5-7,11,14H,8-10H2,1-4H3/t14-/m0/s1. The van der Waals surface area contributed by atoms with Gasteiger partial charge in [-0.05, 0) is 48.7 Å². The molecule has 0 amide bonds. The van der Waals surface area contributed by atoms with Crippen LogP contribution in [0.3, 0.4) is 0 Å². The van der Waals surface area contributed by atoms with E-state index < -0.39 is 0 Å². The van der Waals surface area contributed by atoms with E-state index in [2.05, 4.69) is 30.1 Å². The van der Waals surface area contributed by atoms with E-state index in [4.69, 9.17) is 14.2 Å². The molecule has 0 spiro atoms. The first-order valence-corrected chi connectivity index (χ1v) is 8.33. The Bertz CT molecular complexity index is 800. The molecule has 4 rings (SSSR count). The molecule has 24 heavy (non-hydrogen) atoms. The lowest BCUT2D eigenvalue weighted by Crippen LogP contribution is -2.35. The van der Waals surface area contributed by atoms with E-state index in [1.54, 1.807) is 21.3 Å². The van der Waals surface area contributed by atoms with Crippen molar-refractivity contribution < 1.29 is 14.2 Å². The summed E-state index contributed by atoms with van der Waals surface area (Å²) in [6, 6.07) is 8.82. The van der Waals surface area contributed by atoms with Crippen LogP contribution in [0.4, 0.5) is 0 Å². The molecule has 0 unspecified atom stereocenters. The predicted molar refractivity (Wildman–Crippen MR) is 94.3 cm³/mol. The number of hydrogen-bond donors (Lipinski definition) is 0. The molecule has 1 aliphatic heterocycles. The highest BCUT2D eigenvalue weighted by Gasteiger charge is 2.37. The van der Waals surface area contributed by atoms with Crippen LogP contribution in [-0.2, 0) is 12.8 Å². The summed E-state index contributed by atoms with van der Waals surface area (Å²) in [5.41, 5.74) is 6.33. The fourth-order valence-corrected chi connectivity index (χ4v) is 4.24. The van der Waals surface area contributed by atoms with E-state index in [1.165, 1.54) is 16.7 Å². The molecule has 0 bridgehead atoms. The summed E-state index contributed by atoms with van der Waals surface area (Å²) in [6.45, 7) is 1.06. The van der Waals surface area contributed by atoms with Gasteiger partial charge in [-0.3, -0.25) is 4.90 Å². The molecule has 4 heteroatoms. The summed E-state index contributed by atoms with van der Waals surface area (Å²) in [7, 11) is 7.35. The molecule has 1 atom stereocenters. The third-order valence-corrected chi connectivity index (χ3v) is 5.39. The fraction of sp³-hybridized carbons (Fsp3) is 0.400. The van der Waals surface area contributed by atoms with Crippen molar-refractivity contribution in [2.75, 3.05) is 34.9 Å². The highest BCUT2D eigenvalue weighted by atomic mass is 16.5. The molecule has 1 heterocycles. The summed E-state index contributed by atoms with van der Waals surface area (Å²) in [6.07, 6.45) is 2.03. The quantitative estimate of drug-likeness (QED) is 0.865. The van der Waals surface area contributed by atoms with Crippen molar-refractivity contribution >= 4 is 0 Å². The fourth-order valence-electron chi connectivity index (χ4n) is 4.24.